The Morgan fingerprint density at radius 2 is 2.09 bits per heavy atom. The van der Waals surface area contributed by atoms with Crippen LogP contribution in [0.25, 0.3) is 6.08 Å². The second-order valence-corrected chi connectivity index (χ2v) is 4.40. The van der Waals surface area contributed by atoms with Crippen molar-refractivity contribution >= 4 is 17.7 Å². The number of nitrogens with one attached hydrogen (secondary N) is 2. The van der Waals surface area contributed by atoms with Crippen LogP contribution in [0.15, 0.2) is 39.7 Å². The Kier molecular flexibility index (Phi) is 4.20. The summed E-state index contributed by atoms with van der Waals surface area (Å²) in [7, 11) is 0. The van der Waals surface area contributed by atoms with Gasteiger partial charge in [-0.3, -0.25) is 9.59 Å². The first-order valence-corrected chi connectivity index (χ1v) is 6.11. The van der Waals surface area contributed by atoms with Gasteiger partial charge in [0.25, 0.3) is 5.56 Å². The number of carbonyl (C=O) groups is 1. The molecule has 0 saturated carbocycles. The zero-order valence-corrected chi connectivity index (χ0v) is 11.3. The van der Waals surface area contributed by atoms with Crippen LogP contribution in [-0.4, -0.2) is 10.9 Å². The molecule has 1 amide bonds. The predicted octanol–water partition coefficient (Wildman–Crippen LogP) is 2.95. The van der Waals surface area contributed by atoms with Crippen LogP contribution in [0.5, 0.6) is 0 Å². The van der Waals surface area contributed by atoms with E-state index in [0.717, 1.165) is 6.08 Å². The van der Waals surface area contributed by atoms with Gasteiger partial charge in [0.05, 0.1) is 5.56 Å². The molecule has 0 saturated heterocycles. The molecule has 2 aromatic rings. The molecule has 0 unspecified atom stereocenters. The Labute approximate surface area is 122 Å². The normalized spacial score (nSPS) is 11.8. The maximum Gasteiger partial charge on any atom is 0.417 e. The minimum absolute atomic E-state index is 0.408. The zero-order chi connectivity index (χ0) is 16.3. The lowest BCUT2D eigenvalue weighted by Gasteiger charge is -2.08. The predicted molar refractivity (Wildman–Crippen MR) is 73.2 cm³/mol. The molecule has 0 spiro atoms. The third kappa shape index (κ3) is 3.87. The quantitative estimate of drug-likeness (QED) is 0.856. The maximum atomic E-state index is 12.5. The Hall–Kier alpha value is -2.77. The summed E-state index contributed by atoms with van der Waals surface area (Å²) >= 11 is 0. The minimum Gasteiger partial charge on any atom is -0.462 e. The van der Waals surface area contributed by atoms with Gasteiger partial charge < -0.3 is 14.7 Å². The molecule has 2 aromatic heterocycles. The summed E-state index contributed by atoms with van der Waals surface area (Å²) in [5.74, 6) is 0.305. The van der Waals surface area contributed by atoms with Gasteiger partial charge in [0.2, 0.25) is 5.91 Å². The first kappa shape index (κ1) is 15.6. The lowest BCUT2D eigenvalue weighted by atomic mass is 10.2. The average Bonchev–Trinajstić information content (AvgIpc) is 2.83. The van der Waals surface area contributed by atoms with Gasteiger partial charge in [0.15, 0.2) is 0 Å². The smallest absolute Gasteiger partial charge is 0.417 e. The topological polar surface area (TPSA) is 75.1 Å². The summed E-state index contributed by atoms with van der Waals surface area (Å²) < 4.78 is 42.8. The van der Waals surface area contributed by atoms with Crippen LogP contribution in [-0.2, 0) is 11.0 Å². The lowest BCUT2D eigenvalue weighted by molar-refractivity contribution is -0.137. The van der Waals surface area contributed by atoms with E-state index in [1.165, 1.54) is 6.08 Å². The highest BCUT2D eigenvalue weighted by atomic mass is 19.4. The second kappa shape index (κ2) is 5.92. The number of aromatic nitrogens is 1. The van der Waals surface area contributed by atoms with E-state index in [9.17, 15) is 22.8 Å². The van der Waals surface area contributed by atoms with Crippen LogP contribution in [0.2, 0.25) is 0 Å². The number of hydrogen-bond donors (Lipinski definition) is 2. The van der Waals surface area contributed by atoms with Gasteiger partial charge in [-0.05, 0) is 31.2 Å². The van der Waals surface area contributed by atoms with E-state index in [1.807, 2.05) is 4.98 Å². The Morgan fingerprint density at radius 1 is 1.36 bits per heavy atom. The minimum atomic E-state index is -4.62. The number of hydrogen-bond acceptors (Lipinski definition) is 3. The lowest BCUT2D eigenvalue weighted by Crippen LogP contribution is -2.20. The average molecular weight is 312 g/mol. The molecule has 0 fully saturated rings. The fourth-order valence-electron chi connectivity index (χ4n) is 1.62. The van der Waals surface area contributed by atoms with Crippen LogP contribution >= 0.6 is 0 Å². The Bertz CT molecular complexity index is 772. The van der Waals surface area contributed by atoms with Crippen LogP contribution in [0.4, 0.5) is 18.9 Å². The molecule has 0 bridgehead atoms. The van der Waals surface area contributed by atoms with Crippen LogP contribution < -0.4 is 10.9 Å². The Balaban J connectivity index is 2.14. The van der Waals surface area contributed by atoms with Crippen LogP contribution in [0, 0.1) is 6.92 Å². The van der Waals surface area contributed by atoms with Crippen molar-refractivity contribution in [3.63, 3.8) is 0 Å². The van der Waals surface area contributed by atoms with Gasteiger partial charge >= 0.3 is 6.18 Å². The fourth-order valence-corrected chi connectivity index (χ4v) is 1.62. The number of alkyl halides is 3. The summed E-state index contributed by atoms with van der Waals surface area (Å²) in [4.78, 5) is 25.0. The highest BCUT2D eigenvalue weighted by Gasteiger charge is 2.31. The molecule has 5 nitrogen and oxygen atoms in total. The van der Waals surface area contributed by atoms with Crippen molar-refractivity contribution in [2.75, 3.05) is 5.32 Å². The number of aromatic amines is 1. The highest BCUT2D eigenvalue weighted by molar-refractivity contribution is 6.01. The van der Waals surface area contributed by atoms with E-state index in [-0.39, 0.29) is 0 Å². The summed E-state index contributed by atoms with van der Waals surface area (Å²) in [5.41, 5.74) is -2.38. The van der Waals surface area contributed by atoms with Crippen molar-refractivity contribution in [2.45, 2.75) is 13.1 Å². The molecule has 0 aliphatic heterocycles. The molecule has 0 atom stereocenters. The number of pyridine rings is 1. The van der Waals surface area contributed by atoms with Crippen molar-refractivity contribution in [1.82, 2.24) is 4.98 Å². The summed E-state index contributed by atoms with van der Waals surface area (Å²) in [6, 6.07) is 3.88. The number of carbonyl (C=O) groups excluding carboxylic acids is 1. The monoisotopic (exact) mass is 312 g/mol. The molecular weight excluding hydrogens is 301 g/mol. The van der Waals surface area contributed by atoms with E-state index in [2.05, 4.69) is 5.32 Å². The van der Waals surface area contributed by atoms with E-state index in [4.69, 9.17) is 4.42 Å². The second-order valence-electron chi connectivity index (χ2n) is 4.40. The first-order chi connectivity index (χ1) is 10.3. The van der Waals surface area contributed by atoms with Gasteiger partial charge in [-0.15, -0.1) is 0 Å². The van der Waals surface area contributed by atoms with Crippen molar-refractivity contribution in [2.24, 2.45) is 0 Å². The molecule has 2 N–H and O–H groups in total. The molecule has 2 rings (SSSR count). The summed E-state index contributed by atoms with van der Waals surface area (Å²) in [6.07, 6.45) is -1.69. The van der Waals surface area contributed by atoms with E-state index >= 15 is 0 Å². The van der Waals surface area contributed by atoms with E-state index in [1.54, 1.807) is 19.1 Å². The van der Waals surface area contributed by atoms with E-state index < -0.39 is 28.9 Å². The fraction of sp³-hybridized carbons (Fsp3) is 0.143. The number of amides is 1. The Morgan fingerprint density at radius 3 is 2.68 bits per heavy atom. The van der Waals surface area contributed by atoms with Crippen molar-refractivity contribution in [3.05, 3.63) is 57.9 Å². The molecule has 0 radical (unpaired) electrons. The van der Waals surface area contributed by atoms with E-state index in [0.29, 0.717) is 23.8 Å². The molecule has 0 aromatic carbocycles. The van der Waals surface area contributed by atoms with Gasteiger partial charge in [-0.1, -0.05) is 0 Å². The number of furan rings is 1. The van der Waals surface area contributed by atoms with Crippen molar-refractivity contribution < 1.29 is 22.4 Å². The van der Waals surface area contributed by atoms with Gasteiger partial charge in [0.1, 0.15) is 17.2 Å². The maximum absolute atomic E-state index is 12.5. The van der Waals surface area contributed by atoms with Crippen molar-refractivity contribution in [1.29, 1.82) is 0 Å². The highest BCUT2D eigenvalue weighted by Crippen LogP contribution is 2.29. The molecule has 0 aliphatic rings. The number of halogens is 3. The van der Waals surface area contributed by atoms with Gasteiger partial charge in [-0.25, -0.2) is 0 Å². The van der Waals surface area contributed by atoms with Crippen LogP contribution in [0.1, 0.15) is 17.1 Å². The molecular formula is C14H11F3N2O3. The zero-order valence-electron chi connectivity index (χ0n) is 11.3. The summed E-state index contributed by atoms with van der Waals surface area (Å²) in [6.45, 7) is 1.72. The number of H-pyrrole nitrogens is 1. The molecule has 2 heterocycles. The number of anilines is 1. The van der Waals surface area contributed by atoms with Crippen LogP contribution in [0.3, 0.4) is 0 Å². The third-order valence-electron chi connectivity index (χ3n) is 2.65. The molecule has 116 valence electrons. The van der Waals surface area contributed by atoms with Gasteiger partial charge in [0, 0.05) is 12.3 Å². The standard InChI is InChI=1S/C14H11F3N2O3/c1-8-2-3-10(22-8)4-5-12(20)19-11-6-9(14(15,16)17)7-18-13(11)21/h2-7H,1H3,(H,18,21)(H,19,20)/b5-4+. The SMILES string of the molecule is Cc1ccc(/C=C/C(=O)Nc2cc(C(F)(F)F)c[nH]c2=O)o1. The summed E-state index contributed by atoms with van der Waals surface area (Å²) in [5, 5.41) is 2.09. The number of rotatable bonds is 3. The first-order valence-electron chi connectivity index (χ1n) is 6.11. The van der Waals surface area contributed by atoms with Gasteiger partial charge in [-0.2, -0.15) is 13.2 Å². The molecule has 0 aliphatic carbocycles. The molecule has 8 heteroatoms. The third-order valence-corrected chi connectivity index (χ3v) is 2.65. The number of aryl methyl sites for hydroxylation is 1. The van der Waals surface area contributed by atoms with Crippen molar-refractivity contribution in [3.8, 4) is 0 Å². The molecule has 22 heavy (non-hydrogen) atoms. The largest absolute Gasteiger partial charge is 0.462 e.